The summed E-state index contributed by atoms with van der Waals surface area (Å²) in [5.74, 6) is -2.58. The van der Waals surface area contributed by atoms with Crippen molar-refractivity contribution in [2.75, 3.05) is 67.7 Å². The van der Waals surface area contributed by atoms with Gasteiger partial charge in [-0.15, -0.1) is 0 Å². The molecule has 6 atom stereocenters. The van der Waals surface area contributed by atoms with Gasteiger partial charge >= 0.3 is 5.97 Å². The predicted octanol–water partition coefficient (Wildman–Crippen LogP) is 4.72. The molecule has 17 nitrogen and oxygen atoms in total. The smallest absolute Gasteiger partial charge is 0.324 e. The lowest BCUT2D eigenvalue weighted by molar-refractivity contribution is -0.155. The Kier molecular flexibility index (Phi) is 15.8. The van der Waals surface area contributed by atoms with E-state index in [1.165, 1.54) is 21.9 Å². The van der Waals surface area contributed by atoms with Gasteiger partial charge in [0.1, 0.15) is 29.9 Å². The molecule has 3 aliphatic rings. The minimum atomic E-state index is -1.19. The number of aromatic nitrogens is 2. The van der Waals surface area contributed by atoms with Gasteiger partial charge in [-0.2, -0.15) is 0 Å². The number of carbonyl (C=O) groups is 5. The molecule has 2 aromatic heterocycles. The number of cyclic esters (lactones) is 1. The van der Waals surface area contributed by atoms with Crippen LogP contribution in [0.1, 0.15) is 77.3 Å². The highest BCUT2D eigenvalue weighted by atomic mass is 16.5. The first kappa shape index (κ1) is 51.0. The highest BCUT2D eigenvalue weighted by Gasteiger charge is 2.43. The minimum Gasteiger partial charge on any atom is -0.508 e. The van der Waals surface area contributed by atoms with Crippen molar-refractivity contribution in [3.05, 3.63) is 71.5 Å². The Hall–Kier alpha value is -5.88. The third-order valence-electron chi connectivity index (χ3n) is 13.7. The number of hydrogen-bond acceptors (Lipinski definition) is 12. The second-order valence-corrected chi connectivity index (χ2v) is 19.9. The average Bonchev–Trinajstić information content (AvgIpc) is 4.05. The van der Waals surface area contributed by atoms with E-state index in [4.69, 9.17) is 19.2 Å². The van der Waals surface area contributed by atoms with Crippen molar-refractivity contribution in [1.82, 2.24) is 40.0 Å². The van der Waals surface area contributed by atoms with Gasteiger partial charge in [0.05, 0.1) is 37.3 Å². The number of amides is 4. The summed E-state index contributed by atoms with van der Waals surface area (Å²) in [5.41, 5.74) is 9.47. The molecule has 3 aliphatic heterocycles. The molecule has 7 rings (SSSR count). The molecule has 0 aliphatic carbocycles. The molecule has 0 saturated carbocycles. The maximum Gasteiger partial charge on any atom is 0.324 e. The zero-order chi connectivity index (χ0) is 49.9. The normalized spacial score (nSPS) is 21.3. The third kappa shape index (κ3) is 11.3. The van der Waals surface area contributed by atoms with Crippen LogP contribution in [-0.4, -0.2) is 156 Å². The van der Waals surface area contributed by atoms with Crippen LogP contribution in [0, 0.1) is 11.3 Å². The van der Waals surface area contributed by atoms with Crippen molar-refractivity contribution in [1.29, 1.82) is 0 Å². The minimum absolute atomic E-state index is 0.0211. The van der Waals surface area contributed by atoms with Gasteiger partial charge in [0.15, 0.2) is 0 Å². The third-order valence-corrected chi connectivity index (χ3v) is 13.7. The summed E-state index contributed by atoms with van der Waals surface area (Å²) in [6, 6.07) is 12.1. The van der Waals surface area contributed by atoms with E-state index in [0.29, 0.717) is 56.6 Å². The Morgan fingerprint density at radius 2 is 1.83 bits per heavy atom. The Bertz CT molecular complexity index is 2560. The second-order valence-electron chi connectivity index (χ2n) is 19.9. The number of ether oxygens (including phenoxy) is 3. The van der Waals surface area contributed by atoms with E-state index < -0.39 is 47.2 Å². The number of pyridine rings is 1. The van der Waals surface area contributed by atoms with Crippen molar-refractivity contribution in [3.8, 4) is 28.1 Å². The summed E-state index contributed by atoms with van der Waals surface area (Å²) in [6.45, 7) is 14.3. The molecule has 6 bridgehead atoms. The molecule has 2 unspecified atom stereocenters. The molecule has 2 saturated heterocycles. The fourth-order valence-corrected chi connectivity index (χ4v) is 9.92. The summed E-state index contributed by atoms with van der Waals surface area (Å²) in [4.78, 5) is 79.7. The van der Waals surface area contributed by atoms with Gasteiger partial charge in [0.2, 0.25) is 17.7 Å². The van der Waals surface area contributed by atoms with Gasteiger partial charge in [-0.1, -0.05) is 39.8 Å². The molecule has 2 aromatic carbocycles. The SMILES string of the molecule is CCn1c(-c2cccnc2[C@H](C)OC)c2c3cc(ccc31)-c1cc(O)cc(c1)C[C@H](NC(=O)C(C(C)C)N(C)C(=O)CN(C)C(=O)[C@@H]1CN1CCOC)C(=O)N1CCC[C@H](N1)C(=O)OCC(C)(C)C2. The van der Waals surface area contributed by atoms with Crippen LogP contribution in [0.4, 0.5) is 0 Å². The fraction of sp³-hybridized carbons (Fsp3) is 0.538. The van der Waals surface area contributed by atoms with Gasteiger partial charge in [-0.3, -0.25) is 38.9 Å². The number of likely N-dealkylation sites (N-methyl/N-ethyl adjacent to an activating group) is 2. The number of phenolic OH excluding ortho intramolecular Hbond substituents is 1. The van der Waals surface area contributed by atoms with Crippen LogP contribution in [0.2, 0.25) is 0 Å². The number of hydrogen-bond donors (Lipinski definition) is 3. The summed E-state index contributed by atoms with van der Waals surface area (Å²) in [7, 11) is 6.37. The monoisotopic (exact) mass is 951 g/mol. The van der Waals surface area contributed by atoms with Gasteiger partial charge in [0, 0.05) is 89.0 Å². The Morgan fingerprint density at radius 3 is 2.54 bits per heavy atom. The van der Waals surface area contributed by atoms with Crippen molar-refractivity contribution in [2.24, 2.45) is 11.3 Å². The van der Waals surface area contributed by atoms with Crippen LogP contribution in [0.3, 0.4) is 0 Å². The molecule has 69 heavy (non-hydrogen) atoms. The first-order valence-corrected chi connectivity index (χ1v) is 24.1. The number of carbonyl (C=O) groups excluding carboxylic acids is 5. The lowest BCUT2D eigenvalue weighted by atomic mass is 9.84. The Balaban J connectivity index is 1.26. The number of rotatable bonds is 14. The first-order valence-electron chi connectivity index (χ1n) is 24.1. The summed E-state index contributed by atoms with van der Waals surface area (Å²) in [5, 5.41) is 16.7. The largest absolute Gasteiger partial charge is 0.508 e. The molecule has 0 spiro atoms. The molecular weight excluding hydrogens is 881 g/mol. The van der Waals surface area contributed by atoms with Gasteiger partial charge in [-0.05, 0) is 97.7 Å². The number of fused-ring (bicyclic) bond motifs is 6. The first-order chi connectivity index (χ1) is 32.9. The number of esters is 1. The number of benzene rings is 2. The van der Waals surface area contributed by atoms with Gasteiger partial charge < -0.3 is 39.0 Å². The van der Waals surface area contributed by atoms with Crippen molar-refractivity contribution < 1.29 is 43.3 Å². The van der Waals surface area contributed by atoms with Crippen LogP contribution in [0.15, 0.2) is 54.7 Å². The number of aryl methyl sites for hydroxylation is 1. The molecule has 0 radical (unpaired) electrons. The van der Waals surface area contributed by atoms with E-state index in [9.17, 15) is 29.1 Å². The van der Waals surface area contributed by atoms with E-state index in [2.05, 4.69) is 54.3 Å². The number of phenols is 1. The van der Waals surface area contributed by atoms with Crippen LogP contribution in [-0.2, 0) is 57.6 Å². The van der Waals surface area contributed by atoms with E-state index in [0.717, 1.165) is 39.0 Å². The Labute approximate surface area is 405 Å². The molecule has 372 valence electrons. The van der Waals surface area contributed by atoms with E-state index in [-0.39, 0.29) is 55.8 Å². The summed E-state index contributed by atoms with van der Waals surface area (Å²) < 4.78 is 19.3. The fourth-order valence-electron chi connectivity index (χ4n) is 9.92. The molecular formula is C52H70N8O9. The van der Waals surface area contributed by atoms with E-state index in [1.54, 1.807) is 39.6 Å². The number of hydrazine groups is 1. The van der Waals surface area contributed by atoms with Crippen LogP contribution >= 0.6 is 0 Å². The van der Waals surface area contributed by atoms with E-state index in [1.807, 2.05) is 43.9 Å². The number of nitrogens with zero attached hydrogens (tertiary/aromatic N) is 6. The van der Waals surface area contributed by atoms with Crippen molar-refractivity contribution in [2.45, 2.75) is 104 Å². The molecule has 4 aromatic rings. The highest BCUT2D eigenvalue weighted by Crippen LogP contribution is 2.42. The number of methoxy groups -OCH3 is 2. The summed E-state index contributed by atoms with van der Waals surface area (Å²) in [6.07, 6.45) is 2.92. The predicted molar refractivity (Wildman–Crippen MR) is 262 cm³/mol. The zero-order valence-electron chi connectivity index (χ0n) is 41.8. The van der Waals surface area contributed by atoms with Crippen LogP contribution in [0.25, 0.3) is 33.3 Å². The topological polar surface area (TPSA) is 188 Å². The van der Waals surface area contributed by atoms with Gasteiger partial charge in [0.25, 0.3) is 5.91 Å². The maximum atomic E-state index is 14.7. The van der Waals surface area contributed by atoms with Crippen molar-refractivity contribution in [3.63, 3.8) is 0 Å². The lowest BCUT2D eigenvalue weighted by Gasteiger charge is -2.37. The Morgan fingerprint density at radius 1 is 1.06 bits per heavy atom. The molecule has 17 heteroatoms. The lowest BCUT2D eigenvalue weighted by Crippen LogP contribution is -2.62. The van der Waals surface area contributed by atoms with Crippen LogP contribution in [0.5, 0.6) is 5.75 Å². The van der Waals surface area contributed by atoms with Crippen molar-refractivity contribution >= 4 is 40.5 Å². The molecule has 5 heterocycles. The van der Waals surface area contributed by atoms with Gasteiger partial charge in [-0.25, -0.2) is 5.43 Å². The molecule has 2 fully saturated rings. The molecule has 4 amide bonds. The maximum absolute atomic E-state index is 14.7. The highest BCUT2D eigenvalue weighted by molar-refractivity contribution is 5.96. The molecule has 3 N–H and O–H groups in total. The van der Waals surface area contributed by atoms with Crippen LogP contribution < -0.4 is 10.7 Å². The second kappa shape index (κ2) is 21.4. The standard InChI is InChI=1S/C52H70N8O9/c1-11-59-42-17-16-34-26-38(42)39(47(59)37-14-12-18-53-45(37)32(4)68-10)27-52(5,6)30-69-51(66)40-15-13-19-60(55-40)49(64)41(24-33-22-35(34)25-36(61)23-33)54-48(63)46(31(2)3)57(8)44(62)29-56(7)50(65)43-28-58(43)20-21-67-9/h12,14,16-18,22-23,25-26,31-32,40-41,43,46,55,61H,11,13,15,19-21,24,27-30H2,1-10H3,(H,54,63)/t32-,40-,41-,43-,46?,58?/m0/s1. The number of nitrogens with one attached hydrogen (secondary N) is 2. The quantitative estimate of drug-likeness (QED) is 0.117. The average molecular weight is 951 g/mol. The number of aromatic hydroxyl groups is 1. The zero-order valence-corrected chi connectivity index (χ0v) is 41.8. The summed E-state index contributed by atoms with van der Waals surface area (Å²) >= 11 is 0. The van der Waals surface area contributed by atoms with E-state index >= 15 is 0 Å².